The summed E-state index contributed by atoms with van der Waals surface area (Å²) in [5.41, 5.74) is 7.24. The summed E-state index contributed by atoms with van der Waals surface area (Å²) in [4.78, 5) is 2.48. The van der Waals surface area contributed by atoms with Crippen LogP contribution in [-0.2, 0) is 6.18 Å². The van der Waals surface area contributed by atoms with Crippen LogP contribution in [0.25, 0.3) is 10.4 Å². The number of halogens is 3. The number of azide groups is 1. The summed E-state index contributed by atoms with van der Waals surface area (Å²) in [5, 5.41) is 22.7. The van der Waals surface area contributed by atoms with E-state index in [1.54, 1.807) is 0 Å². The Balaban J connectivity index is 2.93. The van der Waals surface area contributed by atoms with E-state index in [4.69, 9.17) is 5.53 Å². The van der Waals surface area contributed by atoms with Gasteiger partial charge in [0.2, 0.25) is 0 Å². The predicted molar refractivity (Wildman–Crippen MR) is 65.8 cm³/mol. The quantitative estimate of drug-likeness (QED) is 0.495. The molecule has 2 unspecified atom stereocenters. The SMILES string of the molecule is Cc1ccc(C(O)C(O)CCN=[N+]=[N-])cc1C(F)(F)F. The molecule has 2 N–H and O–H groups in total. The normalized spacial score (nSPS) is 14.5. The van der Waals surface area contributed by atoms with Crippen molar-refractivity contribution in [2.24, 2.45) is 5.11 Å². The summed E-state index contributed by atoms with van der Waals surface area (Å²) in [5.74, 6) is 0. The molecule has 20 heavy (non-hydrogen) atoms. The average Bonchev–Trinajstić information content (AvgIpc) is 2.37. The van der Waals surface area contributed by atoms with Crippen LogP contribution >= 0.6 is 0 Å². The minimum atomic E-state index is -4.52. The molecule has 5 nitrogen and oxygen atoms in total. The summed E-state index contributed by atoms with van der Waals surface area (Å²) in [6, 6.07) is 3.38. The second-order valence-corrected chi connectivity index (χ2v) is 4.33. The molecule has 0 fully saturated rings. The van der Waals surface area contributed by atoms with Crippen LogP contribution in [0.3, 0.4) is 0 Å². The zero-order chi connectivity index (χ0) is 15.3. The molecule has 0 spiro atoms. The molecule has 1 aromatic rings. The van der Waals surface area contributed by atoms with Crippen molar-refractivity contribution in [2.45, 2.75) is 31.7 Å². The summed E-state index contributed by atoms with van der Waals surface area (Å²) in [7, 11) is 0. The molecular weight excluding hydrogens is 275 g/mol. The minimum absolute atomic E-state index is 0.0311. The number of hydrogen-bond donors (Lipinski definition) is 2. The molecule has 1 aromatic carbocycles. The van der Waals surface area contributed by atoms with Crippen molar-refractivity contribution in [3.8, 4) is 0 Å². The van der Waals surface area contributed by atoms with Gasteiger partial charge in [0.1, 0.15) is 6.10 Å². The Hall–Kier alpha value is -1.76. The van der Waals surface area contributed by atoms with Crippen LogP contribution in [0.5, 0.6) is 0 Å². The van der Waals surface area contributed by atoms with Crippen molar-refractivity contribution >= 4 is 0 Å². The van der Waals surface area contributed by atoms with Crippen molar-refractivity contribution < 1.29 is 23.4 Å². The zero-order valence-electron chi connectivity index (χ0n) is 10.7. The second-order valence-electron chi connectivity index (χ2n) is 4.33. The number of benzene rings is 1. The maximum Gasteiger partial charge on any atom is 0.416 e. The first-order valence-electron chi connectivity index (χ1n) is 5.82. The first-order chi connectivity index (χ1) is 9.27. The van der Waals surface area contributed by atoms with Crippen molar-refractivity contribution in [2.75, 3.05) is 6.54 Å². The second kappa shape index (κ2) is 6.60. The Morgan fingerprint density at radius 1 is 1.35 bits per heavy atom. The van der Waals surface area contributed by atoms with E-state index in [1.165, 1.54) is 19.1 Å². The van der Waals surface area contributed by atoms with E-state index >= 15 is 0 Å². The van der Waals surface area contributed by atoms with Crippen LogP contribution in [0.1, 0.15) is 29.2 Å². The van der Waals surface area contributed by atoms with Crippen LogP contribution in [0.15, 0.2) is 23.3 Å². The Bertz CT molecular complexity index is 513. The van der Waals surface area contributed by atoms with Crippen molar-refractivity contribution in [1.29, 1.82) is 0 Å². The lowest BCUT2D eigenvalue weighted by molar-refractivity contribution is -0.138. The highest BCUT2D eigenvalue weighted by atomic mass is 19.4. The fourth-order valence-corrected chi connectivity index (χ4v) is 1.74. The van der Waals surface area contributed by atoms with Crippen LogP contribution in [0.2, 0.25) is 0 Å². The van der Waals surface area contributed by atoms with Gasteiger partial charge in [-0.1, -0.05) is 17.2 Å². The van der Waals surface area contributed by atoms with Gasteiger partial charge in [0.15, 0.2) is 0 Å². The van der Waals surface area contributed by atoms with Crippen LogP contribution in [-0.4, -0.2) is 22.9 Å². The third kappa shape index (κ3) is 4.12. The molecule has 0 saturated carbocycles. The lowest BCUT2D eigenvalue weighted by atomic mass is 9.97. The van der Waals surface area contributed by atoms with Crippen molar-refractivity contribution in [1.82, 2.24) is 0 Å². The summed E-state index contributed by atoms with van der Waals surface area (Å²) in [6.07, 6.45) is -7.33. The summed E-state index contributed by atoms with van der Waals surface area (Å²) >= 11 is 0. The highest BCUT2D eigenvalue weighted by molar-refractivity contribution is 5.34. The molecule has 0 saturated heterocycles. The first-order valence-corrected chi connectivity index (χ1v) is 5.82. The molecule has 0 aromatic heterocycles. The van der Waals surface area contributed by atoms with Gasteiger partial charge in [0, 0.05) is 11.5 Å². The highest BCUT2D eigenvalue weighted by Gasteiger charge is 2.33. The molecule has 110 valence electrons. The molecule has 0 heterocycles. The van der Waals surface area contributed by atoms with E-state index in [-0.39, 0.29) is 24.1 Å². The topological polar surface area (TPSA) is 89.2 Å². The first kappa shape index (κ1) is 16.3. The van der Waals surface area contributed by atoms with Gasteiger partial charge in [-0.05, 0) is 36.1 Å². The Morgan fingerprint density at radius 3 is 2.55 bits per heavy atom. The van der Waals surface area contributed by atoms with E-state index in [0.717, 1.165) is 6.07 Å². The maximum absolute atomic E-state index is 12.7. The van der Waals surface area contributed by atoms with Gasteiger partial charge in [-0.2, -0.15) is 13.2 Å². The number of rotatable bonds is 5. The van der Waals surface area contributed by atoms with Crippen LogP contribution < -0.4 is 0 Å². The number of alkyl halides is 3. The lowest BCUT2D eigenvalue weighted by Crippen LogP contribution is -2.20. The largest absolute Gasteiger partial charge is 0.416 e. The third-order valence-electron chi connectivity index (χ3n) is 2.86. The van der Waals surface area contributed by atoms with E-state index < -0.39 is 23.9 Å². The molecule has 1 rings (SSSR count). The predicted octanol–water partition coefficient (Wildman–Crippen LogP) is 3.11. The van der Waals surface area contributed by atoms with Gasteiger partial charge < -0.3 is 10.2 Å². The highest BCUT2D eigenvalue weighted by Crippen LogP contribution is 2.34. The van der Waals surface area contributed by atoms with Gasteiger partial charge in [0.25, 0.3) is 0 Å². The van der Waals surface area contributed by atoms with Gasteiger partial charge in [-0.15, -0.1) is 0 Å². The van der Waals surface area contributed by atoms with Crippen LogP contribution in [0, 0.1) is 6.92 Å². The van der Waals surface area contributed by atoms with Gasteiger partial charge in [-0.3, -0.25) is 0 Å². The van der Waals surface area contributed by atoms with Gasteiger partial charge in [-0.25, -0.2) is 0 Å². The third-order valence-corrected chi connectivity index (χ3v) is 2.86. The molecule has 0 aliphatic carbocycles. The molecule has 0 bridgehead atoms. The number of hydrogen-bond acceptors (Lipinski definition) is 3. The summed E-state index contributed by atoms with van der Waals surface area (Å²) < 4.78 is 38.2. The Kier molecular flexibility index (Phi) is 5.38. The van der Waals surface area contributed by atoms with E-state index in [1.807, 2.05) is 0 Å². The lowest BCUT2D eigenvalue weighted by Gasteiger charge is -2.19. The number of aryl methyl sites for hydroxylation is 1. The van der Waals surface area contributed by atoms with Crippen LogP contribution in [0.4, 0.5) is 13.2 Å². The fourth-order valence-electron chi connectivity index (χ4n) is 1.74. The number of aliphatic hydroxyl groups excluding tert-OH is 2. The Labute approximate surface area is 113 Å². The fraction of sp³-hybridized carbons (Fsp3) is 0.500. The summed E-state index contributed by atoms with van der Waals surface area (Å²) in [6.45, 7) is 1.27. The zero-order valence-corrected chi connectivity index (χ0v) is 10.7. The smallest absolute Gasteiger partial charge is 0.390 e. The molecule has 0 aliphatic heterocycles. The monoisotopic (exact) mass is 289 g/mol. The molecule has 8 heteroatoms. The van der Waals surface area contributed by atoms with E-state index in [0.29, 0.717) is 0 Å². The number of nitrogens with zero attached hydrogens (tertiary/aromatic N) is 3. The molecule has 0 radical (unpaired) electrons. The molecule has 0 amide bonds. The van der Waals surface area contributed by atoms with Crippen molar-refractivity contribution in [3.63, 3.8) is 0 Å². The molecule has 2 atom stereocenters. The molecule has 0 aliphatic rings. The van der Waals surface area contributed by atoms with Gasteiger partial charge in [0.05, 0.1) is 11.7 Å². The van der Waals surface area contributed by atoms with Gasteiger partial charge >= 0.3 is 6.18 Å². The van der Waals surface area contributed by atoms with E-state index in [2.05, 4.69) is 10.0 Å². The number of aliphatic hydroxyl groups is 2. The molecular formula is C12H14F3N3O2. The van der Waals surface area contributed by atoms with E-state index in [9.17, 15) is 23.4 Å². The Morgan fingerprint density at radius 2 is 2.00 bits per heavy atom. The minimum Gasteiger partial charge on any atom is -0.390 e. The van der Waals surface area contributed by atoms with Crippen molar-refractivity contribution in [3.05, 3.63) is 45.3 Å². The standard InChI is InChI=1S/C12H14F3N3O2/c1-7-2-3-8(6-9(7)12(13,14)15)11(20)10(19)4-5-17-18-16/h2-3,6,10-11,19-20H,4-5H2,1H3. The maximum atomic E-state index is 12.7. The average molecular weight is 289 g/mol.